The Labute approximate surface area is 168 Å². The van der Waals surface area contributed by atoms with Crippen molar-refractivity contribution >= 4 is 17.6 Å². The van der Waals surface area contributed by atoms with Gasteiger partial charge in [0.25, 0.3) is 17.4 Å². The van der Waals surface area contributed by atoms with Gasteiger partial charge in [-0.05, 0) is 25.5 Å². The van der Waals surface area contributed by atoms with Crippen molar-refractivity contribution in [1.82, 2.24) is 15.3 Å². The topological polar surface area (TPSA) is 164 Å². The SMILES string of the molecule is Cc1ccc(C(O)(C(N)=O)C(F)(F)F)cc1-c1cnc(N)c(C(=O)N[C@@H](C)CO)n1. The maximum absolute atomic E-state index is 13.4. The number of hydrogen-bond donors (Lipinski definition) is 5. The van der Waals surface area contributed by atoms with Crippen LogP contribution in [0.2, 0.25) is 0 Å². The number of anilines is 1. The van der Waals surface area contributed by atoms with Crippen LogP contribution in [-0.2, 0) is 10.4 Å². The molecule has 1 aromatic heterocycles. The molecule has 0 spiro atoms. The molecule has 162 valence electrons. The van der Waals surface area contributed by atoms with Crippen molar-refractivity contribution in [2.24, 2.45) is 5.73 Å². The fraction of sp³-hybridized carbons (Fsp3) is 0.333. The van der Waals surface area contributed by atoms with Crippen LogP contribution in [0, 0.1) is 6.92 Å². The van der Waals surface area contributed by atoms with Crippen molar-refractivity contribution in [2.75, 3.05) is 12.3 Å². The molecule has 7 N–H and O–H groups in total. The van der Waals surface area contributed by atoms with E-state index in [-0.39, 0.29) is 29.4 Å². The summed E-state index contributed by atoms with van der Waals surface area (Å²) >= 11 is 0. The quantitative estimate of drug-likeness (QED) is 0.445. The Morgan fingerprint density at radius 1 is 1.30 bits per heavy atom. The molecule has 1 unspecified atom stereocenters. The zero-order chi connectivity index (χ0) is 22.9. The van der Waals surface area contributed by atoms with Crippen molar-refractivity contribution in [2.45, 2.75) is 31.7 Å². The highest BCUT2D eigenvalue weighted by Gasteiger charge is 2.60. The lowest BCUT2D eigenvalue weighted by Crippen LogP contribution is -2.52. The number of carbonyl (C=O) groups excluding carboxylic acids is 2. The first kappa shape index (κ1) is 23.0. The highest BCUT2D eigenvalue weighted by molar-refractivity contribution is 5.97. The monoisotopic (exact) mass is 427 g/mol. The van der Waals surface area contributed by atoms with Crippen molar-refractivity contribution < 1.29 is 33.0 Å². The Kier molecular flexibility index (Phi) is 6.33. The fourth-order valence-corrected chi connectivity index (χ4v) is 2.60. The van der Waals surface area contributed by atoms with Gasteiger partial charge in [-0.15, -0.1) is 0 Å². The summed E-state index contributed by atoms with van der Waals surface area (Å²) in [5.74, 6) is -2.98. The van der Waals surface area contributed by atoms with Gasteiger partial charge in [0.1, 0.15) is 0 Å². The lowest BCUT2D eigenvalue weighted by molar-refractivity contribution is -0.255. The number of aliphatic hydroxyl groups is 2. The van der Waals surface area contributed by atoms with E-state index in [0.717, 1.165) is 18.3 Å². The third kappa shape index (κ3) is 4.19. The molecule has 0 bridgehead atoms. The lowest BCUT2D eigenvalue weighted by atomic mass is 9.89. The molecule has 0 aliphatic heterocycles. The molecule has 2 aromatic rings. The van der Waals surface area contributed by atoms with Crippen molar-refractivity contribution in [3.8, 4) is 11.3 Å². The molecule has 0 aliphatic carbocycles. The summed E-state index contributed by atoms with van der Waals surface area (Å²) in [6.07, 6.45) is -4.24. The Balaban J connectivity index is 2.61. The number of nitrogens with two attached hydrogens (primary N) is 2. The number of carbonyl (C=O) groups is 2. The molecule has 9 nitrogen and oxygen atoms in total. The largest absolute Gasteiger partial charge is 0.430 e. The lowest BCUT2D eigenvalue weighted by Gasteiger charge is -2.28. The van der Waals surface area contributed by atoms with E-state index in [4.69, 9.17) is 16.6 Å². The van der Waals surface area contributed by atoms with Crippen LogP contribution in [-0.4, -0.2) is 50.8 Å². The van der Waals surface area contributed by atoms with Crippen LogP contribution in [0.4, 0.5) is 19.0 Å². The zero-order valence-corrected chi connectivity index (χ0v) is 16.0. The van der Waals surface area contributed by atoms with Gasteiger partial charge in [0.2, 0.25) is 0 Å². The molecule has 0 radical (unpaired) electrons. The van der Waals surface area contributed by atoms with E-state index in [2.05, 4.69) is 15.3 Å². The molecule has 2 amide bonds. The molecule has 2 rings (SSSR count). The number of amides is 2. The standard InChI is InChI=1S/C18H20F3N5O4/c1-8-3-4-10(17(30,16(23)29)18(19,20)21)5-11(8)12-6-24-14(22)13(26-12)15(28)25-9(2)7-27/h3-6,9,27,30H,7H2,1-2H3,(H2,22,24)(H2,23,29)(H,25,28)/t9-,17?/m0/s1. The van der Waals surface area contributed by atoms with Gasteiger partial charge in [0.05, 0.1) is 18.5 Å². The summed E-state index contributed by atoms with van der Waals surface area (Å²) in [6.45, 7) is 2.73. The number of aryl methyl sites for hydroxylation is 1. The highest BCUT2D eigenvalue weighted by atomic mass is 19.4. The third-order valence-electron chi connectivity index (χ3n) is 4.37. The first-order valence-corrected chi connectivity index (χ1v) is 8.57. The van der Waals surface area contributed by atoms with Gasteiger partial charge in [-0.3, -0.25) is 9.59 Å². The zero-order valence-electron chi connectivity index (χ0n) is 16.0. The van der Waals surface area contributed by atoms with E-state index in [1.807, 2.05) is 0 Å². The number of nitrogen functional groups attached to an aromatic ring is 1. The number of aromatic nitrogens is 2. The summed E-state index contributed by atoms with van der Waals surface area (Å²) in [6, 6.07) is 2.44. The number of hydrogen-bond acceptors (Lipinski definition) is 7. The molecule has 30 heavy (non-hydrogen) atoms. The maximum atomic E-state index is 13.4. The minimum atomic E-state index is -5.37. The van der Waals surface area contributed by atoms with Crippen LogP contribution in [0.15, 0.2) is 24.4 Å². The van der Waals surface area contributed by atoms with Gasteiger partial charge in [0.15, 0.2) is 11.5 Å². The minimum absolute atomic E-state index is 0.0284. The summed E-state index contributed by atoms with van der Waals surface area (Å²) in [5.41, 5.74) is 5.91. The van der Waals surface area contributed by atoms with Crippen LogP contribution < -0.4 is 16.8 Å². The van der Waals surface area contributed by atoms with Gasteiger partial charge in [-0.25, -0.2) is 9.97 Å². The Hall–Kier alpha value is -3.25. The van der Waals surface area contributed by atoms with Crippen LogP contribution in [0.25, 0.3) is 11.3 Å². The molecule has 1 aromatic carbocycles. The van der Waals surface area contributed by atoms with Gasteiger partial charge in [0, 0.05) is 17.2 Å². The first-order valence-electron chi connectivity index (χ1n) is 8.57. The van der Waals surface area contributed by atoms with Crippen molar-refractivity contribution in [3.05, 3.63) is 41.2 Å². The summed E-state index contributed by atoms with van der Waals surface area (Å²) < 4.78 is 40.2. The van der Waals surface area contributed by atoms with E-state index < -0.39 is 35.2 Å². The molecule has 1 heterocycles. The van der Waals surface area contributed by atoms with Gasteiger partial charge in [-0.1, -0.05) is 12.1 Å². The van der Waals surface area contributed by atoms with E-state index in [1.165, 1.54) is 13.0 Å². The number of nitrogens with one attached hydrogen (secondary N) is 1. The molecule has 0 fully saturated rings. The summed E-state index contributed by atoms with van der Waals surface area (Å²) in [7, 11) is 0. The van der Waals surface area contributed by atoms with Crippen LogP contribution in [0.3, 0.4) is 0 Å². The fourth-order valence-electron chi connectivity index (χ4n) is 2.60. The van der Waals surface area contributed by atoms with E-state index >= 15 is 0 Å². The summed E-state index contributed by atoms with van der Waals surface area (Å²) in [5, 5.41) is 21.5. The predicted octanol–water partition coefficient (Wildman–Crippen LogP) is 0.380. The molecule has 2 atom stereocenters. The normalized spacial score (nSPS) is 14.6. The first-order chi connectivity index (χ1) is 13.8. The number of alkyl halides is 3. The number of rotatable bonds is 6. The molecule has 12 heteroatoms. The van der Waals surface area contributed by atoms with Crippen molar-refractivity contribution in [3.63, 3.8) is 0 Å². The second-order valence-corrected chi connectivity index (χ2v) is 6.65. The molecular formula is C18H20F3N5O4. The van der Waals surface area contributed by atoms with Crippen LogP contribution in [0.1, 0.15) is 28.5 Å². The second-order valence-electron chi connectivity index (χ2n) is 6.65. The minimum Gasteiger partial charge on any atom is -0.394 e. The average molecular weight is 427 g/mol. The van der Waals surface area contributed by atoms with Gasteiger partial charge in [-0.2, -0.15) is 13.2 Å². The summed E-state index contributed by atoms with van der Waals surface area (Å²) in [4.78, 5) is 31.7. The Morgan fingerprint density at radius 2 is 1.93 bits per heavy atom. The molecule has 0 saturated heterocycles. The average Bonchev–Trinajstić information content (AvgIpc) is 2.66. The van der Waals surface area contributed by atoms with E-state index in [9.17, 15) is 27.9 Å². The highest BCUT2D eigenvalue weighted by Crippen LogP contribution is 2.40. The van der Waals surface area contributed by atoms with E-state index in [0.29, 0.717) is 5.56 Å². The number of benzene rings is 1. The van der Waals surface area contributed by atoms with Crippen LogP contribution >= 0.6 is 0 Å². The Bertz CT molecular complexity index is 983. The molecule has 0 saturated carbocycles. The number of nitrogens with zero attached hydrogens (tertiary/aromatic N) is 2. The smallest absolute Gasteiger partial charge is 0.394 e. The number of primary amides is 1. The Morgan fingerprint density at radius 3 is 2.47 bits per heavy atom. The van der Waals surface area contributed by atoms with Gasteiger partial charge < -0.3 is 27.0 Å². The number of halogens is 3. The second kappa shape index (κ2) is 8.24. The van der Waals surface area contributed by atoms with Crippen molar-refractivity contribution in [1.29, 1.82) is 0 Å². The van der Waals surface area contributed by atoms with Crippen LogP contribution in [0.5, 0.6) is 0 Å². The third-order valence-corrected chi connectivity index (χ3v) is 4.37. The molecule has 0 aliphatic rings. The van der Waals surface area contributed by atoms with E-state index in [1.54, 1.807) is 6.92 Å². The molecular weight excluding hydrogens is 407 g/mol. The number of aliphatic hydroxyl groups excluding tert-OH is 1. The maximum Gasteiger partial charge on any atom is 0.430 e. The van der Waals surface area contributed by atoms with Gasteiger partial charge >= 0.3 is 6.18 Å². The predicted molar refractivity (Wildman–Crippen MR) is 99.8 cm³/mol.